The van der Waals surface area contributed by atoms with Gasteiger partial charge in [0.05, 0.1) is 6.61 Å². The van der Waals surface area contributed by atoms with Gasteiger partial charge in [0, 0.05) is 12.7 Å². The van der Waals surface area contributed by atoms with Gasteiger partial charge in [0.1, 0.15) is 16.5 Å². The molecule has 0 amide bonds. The van der Waals surface area contributed by atoms with Crippen molar-refractivity contribution in [1.29, 1.82) is 0 Å². The van der Waals surface area contributed by atoms with Gasteiger partial charge in [-0.05, 0) is 11.6 Å². The zero-order chi connectivity index (χ0) is 12.3. The number of benzene rings is 1. The molecule has 0 aliphatic rings. The Balaban J connectivity index is 3.28. The molecule has 7 heteroatoms. The molecule has 1 rings (SSSR count). The van der Waals surface area contributed by atoms with Crippen LogP contribution >= 0.6 is 0 Å². The van der Waals surface area contributed by atoms with Gasteiger partial charge in [-0.15, -0.1) is 0 Å². The standard InChI is InChI=1S/C9H12FNO4S/c1-16(13,14)9-7(12)3-2-6(8(9)10)4-5-15-11/h2-3,12H,4-5,11H2,1H3. The number of hydrogen-bond donors (Lipinski definition) is 2. The lowest BCUT2D eigenvalue weighted by Crippen LogP contribution is -2.08. The summed E-state index contributed by atoms with van der Waals surface area (Å²) in [6.07, 6.45) is 0.958. The molecule has 0 heterocycles. The van der Waals surface area contributed by atoms with Crippen LogP contribution in [0.25, 0.3) is 0 Å². The van der Waals surface area contributed by atoms with E-state index in [2.05, 4.69) is 4.84 Å². The van der Waals surface area contributed by atoms with Crippen LogP contribution < -0.4 is 5.90 Å². The summed E-state index contributed by atoms with van der Waals surface area (Å²) in [6, 6.07) is 2.42. The Hall–Kier alpha value is -1.18. The minimum absolute atomic E-state index is 0.0604. The van der Waals surface area contributed by atoms with Crippen LogP contribution in [-0.4, -0.2) is 26.4 Å². The molecular formula is C9H12FNO4S. The van der Waals surface area contributed by atoms with E-state index in [-0.39, 0.29) is 18.6 Å². The van der Waals surface area contributed by atoms with E-state index >= 15 is 0 Å². The summed E-state index contributed by atoms with van der Waals surface area (Å²) in [6.45, 7) is 0.0604. The average Bonchev–Trinajstić information content (AvgIpc) is 2.14. The number of sulfone groups is 1. The Labute approximate surface area is 92.5 Å². The van der Waals surface area contributed by atoms with E-state index in [1.54, 1.807) is 0 Å². The van der Waals surface area contributed by atoms with Gasteiger partial charge in [0.15, 0.2) is 9.84 Å². The number of phenols is 1. The van der Waals surface area contributed by atoms with Crippen molar-refractivity contribution < 1.29 is 22.8 Å². The first-order valence-corrected chi connectivity index (χ1v) is 6.29. The molecule has 3 N–H and O–H groups in total. The van der Waals surface area contributed by atoms with Gasteiger partial charge in [-0.2, -0.15) is 0 Å². The van der Waals surface area contributed by atoms with Crippen LogP contribution in [-0.2, 0) is 21.1 Å². The average molecular weight is 249 g/mol. The van der Waals surface area contributed by atoms with Crippen molar-refractivity contribution in [1.82, 2.24) is 0 Å². The van der Waals surface area contributed by atoms with Crippen molar-refractivity contribution in [2.45, 2.75) is 11.3 Å². The largest absolute Gasteiger partial charge is 0.506 e. The number of aromatic hydroxyl groups is 1. The Bertz CT molecular complexity index is 487. The lowest BCUT2D eigenvalue weighted by molar-refractivity contribution is 0.140. The second-order valence-electron chi connectivity index (χ2n) is 3.28. The van der Waals surface area contributed by atoms with E-state index in [1.807, 2.05) is 0 Å². The van der Waals surface area contributed by atoms with Crippen molar-refractivity contribution in [2.75, 3.05) is 12.9 Å². The van der Waals surface area contributed by atoms with Crippen molar-refractivity contribution >= 4 is 9.84 Å². The molecule has 0 atom stereocenters. The monoisotopic (exact) mass is 249 g/mol. The van der Waals surface area contributed by atoms with E-state index in [1.165, 1.54) is 6.07 Å². The summed E-state index contributed by atoms with van der Waals surface area (Å²) in [5.41, 5.74) is 0.128. The van der Waals surface area contributed by atoms with Gasteiger partial charge in [-0.3, -0.25) is 0 Å². The highest BCUT2D eigenvalue weighted by Gasteiger charge is 2.21. The predicted octanol–water partition coefficient (Wildman–Crippen LogP) is 0.368. The normalized spacial score (nSPS) is 11.7. The van der Waals surface area contributed by atoms with Gasteiger partial charge in [-0.25, -0.2) is 18.7 Å². The topological polar surface area (TPSA) is 89.6 Å². The molecule has 0 aliphatic carbocycles. The summed E-state index contributed by atoms with van der Waals surface area (Å²) in [5.74, 6) is 3.23. The lowest BCUT2D eigenvalue weighted by Gasteiger charge is -2.08. The van der Waals surface area contributed by atoms with Crippen molar-refractivity contribution in [3.05, 3.63) is 23.5 Å². The van der Waals surface area contributed by atoms with Crippen LogP contribution in [0, 0.1) is 5.82 Å². The maximum atomic E-state index is 13.7. The van der Waals surface area contributed by atoms with Crippen molar-refractivity contribution in [3.8, 4) is 5.75 Å². The van der Waals surface area contributed by atoms with Crippen LogP contribution in [0.5, 0.6) is 5.75 Å². The molecule has 0 spiro atoms. The minimum atomic E-state index is -3.81. The summed E-state index contributed by atoms with van der Waals surface area (Å²) in [7, 11) is -3.81. The van der Waals surface area contributed by atoms with E-state index in [0.717, 1.165) is 12.3 Å². The van der Waals surface area contributed by atoms with Gasteiger partial charge >= 0.3 is 0 Å². The fourth-order valence-electron chi connectivity index (χ4n) is 1.30. The molecule has 0 saturated heterocycles. The van der Waals surface area contributed by atoms with Crippen molar-refractivity contribution in [3.63, 3.8) is 0 Å². The van der Waals surface area contributed by atoms with Crippen LogP contribution in [0.3, 0.4) is 0 Å². The summed E-state index contributed by atoms with van der Waals surface area (Å²) in [5, 5.41) is 9.30. The molecule has 0 saturated carbocycles. The van der Waals surface area contributed by atoms with Gasteiger partial charge in [-0.1, -0.05) is 6.07 Å². The predicted molar refractivity (Wildman–Crippen MR) is 55.0 cm³/mol. The van der Waals surface area contributed by atoms with Crippen LogP contribution in [0.1, 0.15) is 5.56 Å². The molecule has 90 valence electrons. The van der Waals surface area contributed by atoms with Gasteiger partial charge < -0.3 is 9.94 Å². The molecule has 1 aromatic rings. The summed E-state index contributed by atoms with van der Waals surface area (Å²) in [4.78, 5) is 3.59. The number of rotatable bonds is 4. The number of phenolic OH excluding ortho intramolecular Hbond substituents is 1. The number of halogens is 1. The maximum Gasteiger partial charge on any atom is 0.182 e. The third-order valence-electron chi connectivity index (χ3n) is 2.02. The first kappa shape index (κ1) is 12.9. The maximum absolute atomic E-state index is 13.7. The highest BCUT2D eigenvalue weighted by Crippen LogP contribution is 2.28. The molecule has 0 bridgehead atoms. The molecule has 0 aromatic heterocycles. The van der Waals surface area contributed by atoms with E-state index in [0.29, 0.717) is 0 Å². The smallest absolute Gasteiger partial charge is 0.182 e. The Kier molecular flexibility index (Phi) is 3.84. The molecule has 1 aromatic carbocycles. The Morgan fingerprint density at radius 1 is 1.50 bits per heavy atom. The molecule has 0 aliphatic heterocycles. The zero-order valence-electron chi connectivity index (χ0n) is 8.60. The summed E-state index contributed by atoms with van der Waals surface area (Å²) >= 11 is 0. The second-order valence-corrected chi connectivity index (χ2v) is 5.23. The Morgan fingerprint density at radius 3 is 2.62 bits per heavy atom. The molecule has 0 fully saturated rings. The van der Waals surface area contributed by atoms with Crippen LogP contribution in [0.2, 0.25) is 0 Å². The summed E-state index contributed by atoms with van der Waals surface area (Å²) < 4.78 is 36.2. The Morgan fingerprint density at radius 2 is 2.12 bits per heavy atom. The third-order valence-corrected chi connectivity index (χ3v) is 3.15. The first-order valence-electron chi connectivity index (χ1n) is 4.40. The molecule has 16 heavy (non-hydrogen) atoms. The molecule has 0 radical (unpaired) electrons. The third kappa shape index (κ3) is 2.69. The highest BCUT2D eigenvalue weighted by atomic mass is 32.2. The van der Waals surface area contributed by atoms with E-state index < -0.39 is 26.3 Å². The van der Waals surface area contributed by atoms with Crippen molar-refractivity contribution in [2.24, 2.45) is 5.90 Å². The van der Waals surface area contributed by atoms with Crippen LogP contribution in [0.15, 0.2) is 17.0 Å². The molecular weight excluding hydrogens is 237 g/mol. The number of nitrogens with two attached hydrogens (primary N) is 1. The highest BCUT2D eigenvalue weighted by molar-refractivity contribution is 7.90. The van der Waals surface area contributed by atoms with E-state index in [9.17, 15) is 17.9 Å². The number of hydrogen-bond acceptors (Lipinski definition) is 5. The fraction of sp³-hybridized carbons (Fsp3) is 0.333. The van der Waals surface area contributed by atoms with Gasteiger partial charge in [0.25, 0.3) is 0 Å². The quantitative estimate of drug-likeness (QED) is 0.752. The molecule has 0 unspecified atom stereocenters. The zero-order valence-corrected chi connectivity index (χ0v) is 9.42. The minimum Gasteiger partial charge on any atom is -0.506 e. The fourth-order valence-corrected chi connectivity index (χ4v) is 2.21. The SMILES string of the molecule is CS(=O)(=O)c1c(O)ccc(CCON)c1F. The van der Waals surface area contributed by atoms with Gasteiger partial charge in [0.2, 0.25) is 0 Å². The second kappa shape index (κ2) is 4.77. The first-order chi connectivity index (χ1) is 7.38. The molecule has 5 nitrogen and oxygen atoms in total. The van der Waals surface area contributed by atoms with Crippen LogP contribution in [0.4, 0.5) is 4.39 Å². The lowest BCUT2D eigenvalue weighted by atomic mass is 10.1. The van der Waals surface area contributed by atoms with E-state index in [4.69, 9.17) is 5.90 Å².